The summed E-state index contributed by atoms with van der Waals surface area (Å²) in [4.78, 5) is 12.4. The molecule has 3 rings (SSSR count). The number of rotatable bonds is 4. The van der Waals surface area contributed by atoms with Gasteiger partial charge in [-0.25, -0.2) is 0 Å². The summed E-state index contributed by atoms with van der Waals surface area (Å²) < 4.78 is 11.1. The van der Waals surface area contributed by atoms with Gasteiger partial charge in [0.05, 0.1) is 6.61 Å². The number of nitrogens with one attached hydrogen (secondary N) is 2. The zero-order valence-corrected chi connectivity index (χ0v) is 13.8. The Morgan fingerprint density at radius 1 is 1.30 bits per heavy atom. The van der Waals surface area contributed by atoms with Crippen LogP contribution in [0.3, 0.4) is 0 Å². The number of hydrogen-bond donors (Lipinski definition) is 2. The van der Waals surface area contributed by atoms with E-state index < -0.39 is 0 Å². The predicted molar refractivity (Wildman–Crippen MR) is 88.5 cm³/mol. The Morgan fingerprint density at radius 3 is 2.78 bits per heavy atom. The quantitative estimate of drug-likeness (QED) is 0.874. The van der Waals surface area contributed by atoms with Crippen molar-refractivity contribution in [2.75, 3.05) is 39.5 Å². The second kappa shape index (κ2) is 7.43. The monoisotopic (exact) mass is 318 g/mol. The molecule has 1 amide bonds. The summed E-state index contributed by atoms with van der Waals surface area (Å²) in [6, 6.07) is 8.47. The highest BCUT2D eigenvalue weighted by Gasteiger charge is 2.36. The first-order chi connectivity index (χ1) is 11.2. The van der Waals surface area contributed by atoms with E-state index in [4.69, 9.17) is 9.47 Å². The number of aryl methyl sites for hydroxylation is 1. The lowest BCUT2D eigenvalue weighted by molar-refractivity contribution is -0.134. The molecule has 2 aliphatic heterocycles. The number of carbonyl (C=O) groups excluding carboxylic acids is 1. The smallest absolute Gasteiger partial charge is 0.250 e. The Kier molecular flexibility index (Phi) is 5.30. The van der Waals surface area contributed by atoms with Crippen LogP contribution in [0, 0.1) is 6.92 Å². The van der Waals surface area contributed by atoms with Crippen LogP contribution in [0.2, 0.25) is 0 Å². The summed E-state index contributed by atoms with van der Waals surface area (Å²) in [6.45, 7) is 6.26. The summed E-state index contributed by atoms with van der Waals surface area (Å²) in [5, 5.41) is 6.33. The van der Waals surface area contributed by atoms with E-state index >= 15 is 0 Å². The minimum atomic E-state index is -0.377. The Balaban J connectivity index is 1.72. The highest BCUT2D eigenvalue weighted by molar-refractivity contribution is 5.81. The third kappa shape index (κ3) is 3.74. The molecule has 1 aromatic carbocycles. The van der Waals surface area contributed by atoms with Crippen molar-refractivity contribution >= 4 is 5.91 Å². The van der Waals surface area contributed by atoms with Crippen molar-refractivity contribution in [3.05, 3.63) is 35.4 Å². The summed E-state index contributed by atoms with van der Waals surface area (Å²) in [6.07, 6.45) is 1.49. The fraction of sp³-hybridized carbons (Fsp3) is 0.611. The van der Waals surface area contributed by atoms with Crippen LogP contribution in [0.25, 0.3) is 0 Å². The number of hydrogen-bond acceptors (Lipinski definition) is 4. The molecule has 0 aliphatic carbocycles. The Bertz CT molecular complexity index is 535. The maximum absolute atomic E-state index is 12.4. The molecule has 1 aromatic rings. The van der Waals surface area contributed by atoms with Gasteiger partial charge in [0.25, 0.3) is 0 Å². The van der Waals surface area contributed by atoms with Crippen LogP contribution in [0.4, 0.5) is 0 Å². The first-order valence-electron chi connectivity index (χ1n) is 8.45. The average molecular weight is 318 g/mol. The number of carbonyl (C=O) groups is 1. The zero-order chi connectivity index (χ0) is 16.1. The highest BCUT2D eigenvalue weighted by atomic mass is 16.5. The molecular weight excluding hydrogens is 292 g/mol. The van der Waals surface area contributed by atoms with Crippen LogP contribution in [-0.2, 0) is 19.7 Å². The SMILES string of the molecule is Cc1ccccc1C1(CNC(=O)C2CNCCO2)CCOCC1. The highest BCUT2D eigenvalue weighted by Crippen LogP contribution is 2.36. The second-order valence-corrected chi connectivity index (χ2v) is 6.49. The number of morpholine rings is 1. The first-order valence-corrected chi connectivity index (χ1v) is 8.45. The molecule has 0 aromatic heterocycles. The van der Waals surface area contributed by atoms with Crippen molar-refractivity contribution < 1.29 is 14.3 Å². The molecular formula is C18H26N2O3. The standard InChI is InChI=1S/C18H26N2O3/c1-14-4-2-3-5-15(14)18(6-9-22-10-7-18)13-20-17(21)16-12-19-8-11-23-16/h2-5,16,19H,6-13H2,1H3,(H,20,21). The van der Waals surface area contributed by atoms with Crippen LogP contribution in [0.15, 0.2) is 24.3 Å². The van der Waals surface area contributed by atoms with E-state index in [1.165, 1.54) is 11.1 Å². The van der Waals surface area contributed by atoms with E-state index in [2.05, 4.69) is 41.8 Å². The molecule has 2 fully saturated rings. The molecule has 1 unspecified atom stereocenters. The summed E-state index contributed by atoms with van der Waals surface area (Å²) >= 11 is 0. The predicted octanol–water partition coefficient (Wildman–Crippen LogP) is 1.15. The molecule has 2 saturated heterocycles. The van der Waals surface area contributed by atoms with E-state index in [-0.39, 0.29) is 17.4 Å². The fourth-order valence-corrected chi connectivity index (χ4v) is 3.58. The van der Waals surface area contributed by atoms with E-state index in [1.54, 1.807) is 0 Å². The molecule has 5 heteroatoms. The molecule has 1 atom stereocenters. The molecule has 23 heavy (non-hydrogen) atoms. The van der Waals surface area contributed by atoms with Crippen LogP contribution in [0.1, 0.15) is 24.0 Å². The molecule has 0 radical (unpaired) electrons. The normalized spacial score (nSPS) is 24.1. The van der Waals surface area contributed by atoms with Crippen molar-refractivity contribution in [1.29, 1.82) is 0 Å². The van der Waals surface area contributed by atoms with Gasteiger partial charge in [0.15, 0.2) is 0 Å². The molecule has 0 saturated carbocycles. The van der Waals surface area contributed by atoms with Crippen molar-refractivity contribution in [3.8, 4) is 0 Å². The largest absolute Gasteiger partial charge is 0.381 e. The van der Waals surface area contributed by atoms with Crippen molar-refractivity contribution in [2.24, 2.45) is 0 Å². The molecule has 2 heterocycles. The average Bonchev–Trinajstić information content (AvgIpc) is 2.61. The van der Waals surface area contributed by atoms with Gasteiger partial charge in [-0.05, 0) is 30.9 Å². The van der Waals surface area contributed by atoms with Crippen LogP contribution < -0.4 is 10.6 Å². The number of amides is 1. The van der Waals surface area contributed by atoms with Gasteiger partial charge in [-0.1, -0.05) is 24.3 Å². The maximum atomic E-state index is 12.4. The van der Waals surface area contributed by atoms with Crippen molar-refractivity contribution in [2.45, 2.75) is 31.3 Å². The summed E-state index contributed by atoms with van der Waals surface area (Å²) in [7, 11) is 0. The van der Waals surface area contributed by atoms with Gasteiger partial charge in [-0.2, -0.15) is 0 Å². The molecule has 2 aliphatic rings. The Labute approximate surface area is 137 Å². The van der Waals surface area contributed by atoms with Gasteiger partial charge < -0.3 is 20.1 Å². The lowest BCUT2D eigenvalue weighted by Crippen LogP contribution is -2.51. The van der Waals surface area contributed by atoms with Crippen LogP contribution in [-0.4, -0.2) is 51.5 Å². The third-order valence-electron chi connectivity index (χ3n) is 4.99. The molecule has 0 spiro atoms. The summed E-state index contributed by atoms with van der Waals surface area (Å²) in [5.41, 5.74) is 2.56. The van der Waals surface area contributed by atoms with E-state index in [1.807, 2.05) is 0 Å². The maximum Gasteiger partial charge on any atom is 0.250 e. The van der Waals surface area contributed by atoms with Crippen molar-refractivity contribution in [1.82, 2.24) is 10.6 Å². The summed E-state index contributed by atoms with van der Waals surface area (Å²) in [5.74, 6) is -0.0170. The van der Waals surface area contributed by atoms with Crippen LogP contribution >= 0.6 is 0 Å². The number of ether oxygens (including phenoxy) is 2. The fourth-order valence-electron chi connectivity index (χ4n) is 3.58. The molecule has 0 bridgehead atoms. The van der Waals surface area contributed by atoms with Gasteiger partial charge in [-0.15, -0.1) is 0 Å². The van der Waals surface area contributed by atoms with Gasteiger partial charge in [0.2, 0.25) is 5.91 Å². The topological polar surface area (TPSA) is 59.6 Å². The van der Waals surface area contributed by atoms with Gasteiger partial charge in [-0.3, -0.25) is 4.79 Å². The molecule has 2 N–H and O–H groups in total. The first kappa shape index (κ1) is 16.4. The van der Waals surface area contributed by atoms with E-state index in [0.717, 1.165) is 32.6 Å². The van der Waals surface area contributed by atoms with E-state index in [9.17, 15) is 4.79 Å². The third-order valence-corrected chi connectivity index (χ3v) is 4.99. The number of benzene rings is 1. The van der Waals surface area contributed by atoms with Gasteiger partial charge in [0.1, 0.15) is 6.10 Å². The lowest BCUT2D eigenvalue weighted by atomic mass is 9.72. The minimum absolute atomic E-state index is 0.0170. The second-order valence-electron chi connectivity index (χ2n) is 6.49. The minimum Gasteiger partial charge on any atom is -0.381 e. The van der Waals surface area contributed by atoms with E-state index in [0.29, 0.717) is 19.7 Å². The van der Waals surface area contributed by atoms with Crippen molar-refractivity contribution in [3.63, 3.8) is 0 Å². The van der Waals surface area contributed by atoms with Crippen LogP contribution in [0.5, 0.6) is 0 Å². The van der Waals surface area contributed by atoms with Gasteiger partial charge >= 0.3 is 0 Å². The molecule has 126 valence electrons. The van der Waals surface area contributed by atoms with Gasteiger partial charge in [0, 0.05) is 38.3 Å². The Hall–Kier alpha value is -1.43. The Morgan fingerprint density at radius 2 is 2.09 bits per heavy atom. The molecule has 5 nitrogen and oxygen atoms in total. The zero-order valence-electron chi connectivity index (χ0n) is 13.8. The lowest BCUT2D eigenvalue weighted by Gasteiger charge is -2.39.